The molecule has 0 saturated carbocycles. The Kier molecular flexibility index (Phi) is 4.08. The van der Waals surface area contributed by atoms with Crippen LogP contribution < -0.4 is 0 Å². The van der Waals surface area contributed by atoms with Crippen molar-refractivity contribution in [1.29, 1.82) is 0 Å². The van der Waals surface area contributed by atoms with E-state index < -0.39 is 0 Å². The lowest BCUT2D eigenvalue weighted by Crippen LogP contribution is -2.31. The van der Waals surface area contributed by atoms with Crippen LogP contribution in [0.1, 0.15) is 33.6 Å². The number of Topliss-reactive ketones (excluding diaryl/α,β-unsaturated/α-hetero) is 1. The summed E-state index contributed by atoms with van der Waals surface area (Å²) >= 11 is 0. The molecule has 1 saturated heterocycles. The number of carbonyl (C=O) groups excluding carboxylic acids is 1. The maximum absolute atomic E-state index is 11.6. The summed E-state index contributed by atoms with van der Waals surface area (Å²) in [5, 5.41) is 0. The van der Waals surface area contributed by atoms with Crippen molar-refractivity contribution in [3.05, 3.63) is 0 Å². The Balaban J connectivity index is 2.27. The van der Waals surface area contributed by atoms with Crippen LogP contribution in [0, 0.1) is 5.92 Å². The molecule has 0 aromatic heterocycles. The number of ether oxygens (including phenoxy) is 2. The van der Waals surface area contributed by atoms with Gasteiger partial charge in [-0.1, -0.05) is 0 Å². The van der Waals surface area contributed by atoms with Crippen LogP contribution in [0.2, 0.25) is 0 Å². The zero-order chi connectivity index (χ0) is 10.6. The maximum atomic E-state index is 11.6. The number of carbonyl (C=O) groups is 1. The molecule has 1 unspecified atom stereocenters. The molecule has 0 radical (unpaired) electrons. The van der Waals surface area contributed by atoms with Crippen molar-refractivity contribution >= 4 is 5.78 Å². The highest BCUT2D eigenvalue weighted by molar-refractivity contribution is 5.82. The minimum Gasteiger partial charge on any atom is -0.381 e. The van der Waals surface area contributed by atoms with Crippen LogP contribution in [0.25, 0.3) is 0 Å². The lowest BCUT2D eigenvalue weighted by molar-refractivity contribution is -0.136. The summed E-state index contributed by atoms with van der Waals surface area (Å²) in [5.41, 5.74) is -0.231. The first kappa shape index (κ1) is 11.7. The zero-order valence-corrected chi connectivity index (χ0v) is 9.34. The van der Waals surface area contributed by atoms with Gasteiger partial charge < -0.3 is 9.47 Å². The topological polar surface area (TPSA) is 35.5 Å². The second-order valence-electron chi connectivity index (χ2n) is 4.78. The summed E-state index contributed by atoms with van der Waals surface area (Å²) in [6, 6.07) is 0. The van der Waals surface area contributed by atoms with Crippen molar-refractivity contribution in [2.24, 2.45) is 5.92 Å². The molecule has 0 aliphatic carbocycles. The minimum atomic E-state index is -0.231. The first-order valence-electron chi connectivity index (χ1n) is 5.23. The van der Waals surface area contributed by atoms with E-state index in [0.29, 0.717) is 6.61 Å². The molecule has 1 fully saturated rings. The maximum Gasteiger partial charge on any atom is 0.163 e. The van der Waals surface area contributed by atoms with Crippen molar-refractivity contribution in [3.8, 4) is 0 Å². The van der Waals surface area contributed by atoms with E-state index in [0.717, 1.165) is 19.4 Å². The molecule has 1 atom stereocenters. The highest BCUT2D eigenvalue weighted by Gasteiger charge is 2.23. The summed E-state index contributed by atoms with van der Waals surface area (Å²) in [7, 11) is 0. The quantitative estimate of drug-likeness (QED) is 0.697. The van der Waals surface area contributed by atoms with Crippen LogP contribution in [0.3, 0.4) is 0 Å². The van der Waals surface area contributed by atoms with Crippen molar-refractivity contribution in [2.75, 3.05) is 19.8 Å². The monoisotopic (exact) mass is 200 g/mol. The fourth-order valence-corrected chi connectivity index (χ4v) is 1.40. The fraction of sp³-hybridized carbons (Fsp3) is 0.909. The molecule has 3 nitrogen and oxygen atoms in total. The van der Waals surface area contributed by atoms with E-state index in [1.807, 2.05) is 20.8 Å². The first-order chi connectivity index (χ1) is 6.49. The van der Waals surface area contributed by atoms with Crippen LogP contribution in [0.5, 0.6) is 0 Å². The van der Waals surface area contributed by atoms with Gasteiger partial charge in [0.15, 0.2) is 5.78 Å². The molecule has 0 spiro atoms. The Hall–Kier alpha value is -0.410. The molecule has 1 aliphatic rings. The van der Waals surface area contributed by atoms with Gasteiger partial charge in [0, 0.05) is 12.5 Å². The summed E-state index contributed by atoms with van der Waals surface area (Å²) in [4.78, 5) is 11.6. The zero-order valence-electron chi connectivity index (χ0n) is 9.34. The molecule has 0 aromatic rings. The summed E-state index contributed by atoms with van der Waals surface area (Å²) in [5.74, 6) is 0.241. The van der Waals surface area contributed by atoms with Crippen LogP contribution in [0.15, 0.2) is 0 Å². The molecule has 1 rings (SSSR count). The van der Waals surface area contributed by atoms with Gasteiger partial charge in [-0.2, -0.15) is 0 Å². The molecule has 0 amide bonds. The molecule has 0 aromatic carbocycles. The van der Waals surface area contributed by atoms with Crippen molar-refractivity contribution < 1.29 is 14.3 Å². The Morgan fingerprint density at radius 3 is 2.71 bits per heavy atom. The van der Waals surface area contributed by atoms with Gasteiger partial charge in [-0.05, 0) is 33.6 Å². The highest BCUT2D eigenvalue weighted by atomic mass is 16.5. The van der Waals surface area contributed by atoms with Crippen LogP contribution in [-0.2, 0) is 14.3 Å². The molecule has 1 aliphatic heterocycles. The van der Waals surface area contributed by atoms with Gasteiger partial charge in [0.05, 0.1) is 12.2 Å². The van der Waals surface area contributed by atoms with E-state index in [-0.39, 0.29) is 23.9 Å². The summed E-state index contributed by atoms with van der Waals surface area (Å²) in [6.07, 6.45) is 1.94. The molecule has 0 bridgehead atoms. The second kappa shape index (κ2) is 4.89. The molecule has 14 heavy (non-hydrogen) atoms. The standard InChI is InChI=1S/C11H20O3/c1-11(2,3)14-8-10(12)9-5-4-6-13-7-9/h9H,4-8H2,1-3H3. The Morgan fingerprint density at radius 2 is 2.21 bits per heavy atom. The Morgan fingerprint density at radius 1 is 1.50 bits per heavy atom. The predicted molar refractivity (Wildman–Crippen MR) is 54.3 cm³/mol. The molecule has 3 heteroatoms. The van der Waals surface area contributed by atoms with E-state index in [4.69, 9.17) is 9.47 Å². The third kappa shape index (κ3) is 4.20. The minimum absolute atomic E-state index is 0.0612. The average Bonchev–Trinajstić information content (AvgIpc) is 2.14. The second-order valence-corrected chi connectivity index (χ2v) is 4.78. The smallest absolute Gasteiger partial charge is 0.163 e. The summed E-state index contributed by atoms with van der Waals surface area (Å²) < 4.78 is 10.7. The van der Waals surface area contributed by atoms with Crippen molar-refractivity contribution in [3.63, 3.8) is 0 Å². The largest absolute Gasteiger partial charge is 0.381 e. The van der Waals surface area contributed by atoms with E-state index in [1.54, 1.807) is 0 Å². The first-order valence-corrected chi connectivity index (χ1v) is 5.23. The van der Waals surface area contributed by atoms with E-state index in [2.05, 4.69) is 0 Å². The van der Waals surface area contributed by atoms with Gasteiger partial charge in [-0.25, -0.2) is 0 Å². The van der Waals surface area contributed by atoms with Gasteiger partial charge in [0.1, 0.15) is 6.61 Å². The number of hydrogen-bond donors (Lipinski definition) is 0. The van der Waals surface area contributed by atoms with Crippen LogP contribution >= 0.6 is 0 Å². The molecule has 1 heterocycles. The highest BCUT2D eigenvalue weighted by Crippen LogP contribution is 2.16. The van der Waals surface area contributed by atoms with Gasteiger partial charge in [-0.3, -0.25) is 4.79 Å². The van der Waals surface area contributed by atoms with Crippen LogP contribution in [0.4, 0.5) is 0 Å². The van der Waals surface area contributed by atoms with Crippen molar-refractivity contribution in [1.82, 2.24) is 0 Å². The molecule has 0 N–H and O–H groups in total. The van der Waals surface area contributed by atoms with Gasteiger partial charge in [0.25, 0.3) is 0 Å². The molecular weight excluding hydrogens is 180 g/mol. The fourth-order valence-electron chi connectivity index (χ4n) is 1.40. The lowest BCUT2D eigenvalue weighted by Gasteiger charge is -2.24. The van der Waals surface area contributed by atoms with Gasteiger partial charge in [-0.15, -0.1) is 0 Å². The SMILES string of the molecule is CC(C)(C)OCC(=O)C1CCCOC1. The van der Waals surface area contributed by atoms with Gasteiger partial charge >= 0.3 is 0 Å². The molecular formula is C11H20O3. The normalized spacial score (nSPS) is 23.5. The Bertz CT molecular complexity index is 187. The van der Waals surface area contributed by atoms with Gasteiger partial charge in [0.2, 0.25) is 0 Å². The van der Waals surface area contributed by atoms with E-state index in [9.17, 15) is 4.79 Å². The van der Waals surface area contributed by atoms with Crippen molar-refractivity contribution in [2.45, 2.75) is 39.2 Å². The summed E-state index contributed by atoms with van der Waals surface area (Å²) in [6.45, 7) is 7.46. The van der Waals surface area contributed by atoms with E-state index >= 15 is 0 Å². The molecule has 82 valence electrons. The number of hydrogen-bond acceptors (Lipinski definition) is 3. The average molecular weight is 200 g/mol. The van der Waals surface area contributed by atoms with Crippen LogP contribution in [-0.4, -0.2) is 31.2 Å². The lowest BCUT2D eigenvalue weighted by atomic mass is 9.98. The third-order valence-corrected chi connectivity index (χ3v) is 2.26. The predicted octanol–water partition coefficient (Wildman–Crippen LogP) is 1.80. The van der Waals surface area contributed by atoms with E-state index in [1.165, 1.54) is 0 Å². The number of ketones is 1. The third-order valence-electron chi connectivity index (χ3n) is 2.26. The number of rotatable bonds is 3. The Labute approximate surface area is 85.8 Å².